The molecule has 0 spiro atoms. The Kier molecular flexibility index (Phi) is 3.75. The van der Waals surface area contributed by atoms with Crippen LogP contribution in [0.1, 0.15) is 27.2 Å². The third kappa shape index (κ3) is 2.87. The monoisotopic (exact) mass is 279 g/mol. The molecule has 0 bridgehead atoms. The lowest BCUT2D eigenvalue weighted by molar-refractivity contribution is -0.389. The third-order valence-electron chi connectivity index (χ3n) is 2.73. The number of nitrogens with zero attached hydrogens (tertiary/aromatic N) is 3. The number of thiophene rings is 1. The summed E-state index contributed by atoms with van der Waals surface area (Å²) >= 11 is 1.45. The van der Waals surface area contributed by atoms with Crippen molar-refractivity contribution in [3.63, 3.8) is 0 Å². The largest absolute Gasteiger partial charge is 0.390 e. The van der Waals surface area contributed by atoms with Crippen LogP contribution in [0, 0.1) is 17.0 Å². The Hall–Kier alpha value is -2.02. The lowest BCUT2D eigenvalue weighted by Crippen LogP contribution is -2.12. The first-order valence-corrected chi connectivity index (χ1v) is 6.63. The van der Waals surface area contributed by atoms with Gasteiger partial charge in [0.25, 0.3) is 0 Å². The Bertz CT molecular complexity index is 630. The minimum absolute atomic E-state index is 0.0311. The Balaban J connectivity index is 2.16. The van der Waals surface area contributed by atoms with Crippen molar-refractivity contribution in [1.82, 2.24) is 9.78 Å². The Morgan fingerprint density at radius 1 is 1.53 bits per heavy atom. The number of aromatic nitrogens is 2. The van der Waals surface area contributed by atoms with E-state index in [0.717, 1.165) is 11.3 Å². The summed E-state index contributed by atoms with van der Waals surface area (Å²) in [5, 5.41) is 14.4. The molecule has 0 radical (unpaired) electrons. The number of ketones is 1. The van der Waals surface area contributed by atoms with Crippen molar-refractivity contribution in [2.75, 3.05) is 0 Å². The fourth-order valence-corrected chi connectivity index (χ4v) is 2.55. The van der Waals surface area contributed by atoms with Crippen LogP contribution in [-0.2, 0) is 13.0 Å². The molecule has 2 heterocycles. The molecule has 0 saturated carbocycles. The van der Waals surface area contributed by atoms with Crippen LogP contribution in [0.3, 0.4) is 0 Å². The standard InChI is InChI=1S/C12H13N3O3S/c1-3-9-4-5-11(19-9)10(16)7-14-8(2)6-12(13-14)15(17)18/h4-6H,3,7H2,1-2H3. The molecule has 0 unspecified atom stereocenters. The first-order valence-electron chi connectivity index (χ1n) is 5.82. The fourth-order valence-electron chi connectivity index (χ4n) is 1.67. The third-order valence-corrected chi connectivity index (χ3v) is 4.00. The minimum atomic E-state index is -0.561. The minimum Gasteiger partial charge on any atom is -0.358 e. The highest BCUT2D eigenvalue weighted by Gasteiger charge is 2.18. The number of hydrogen-bond acceptors (Lipinski definition) is 5. The number of Topliss-reactive ketones (excluding diaryl/α,β-unsaturated/α-hetero) is 1. The van der Waals surface area contributed by atoms with Crippen LogP contribution in [-0.4, -0.2) is 20.5 Å². The zero-order valence-electron chi connectivity index (χ0n) is 10.6. The van der Waals surface area contributed by atoms with Crippen molar-refractivity contribution in [3.8, 4) is 0 Å². The molecule has 0 amide bonds. The van der Waals surface area contributed by atoms with Gasteiger partial charge in [-0.3, -0.25) is 4.79 Å². The van der Waals surface area contributed by atoms with Gasteiger partial charge in [0.15, 0.2) is 5.78 Å². The molecule has 2 aromatic rings. The predicted octanol–water partition coefficient (Wildman–Crippen LogP) is 2.61. The molecule has 0 aliphatic carbocycles. The quantitative estimate of drug-likeness (QED) is 0.479. The second kappa shape index (κ2) is 5.31. The van der Waals surface area contributed by atoms with Gasteiger partial charge in [-0.05, 0) is 30.4 Å². The van der Waals surface area contributed by atoms with E-state index in [9.17, 15) is 14.9 Å². The summed E-state index contributed by atoms with van der Waals surface area (Å²) in [5.41, 5.74) is 0.604. The van der Waals surface area contributed by atoms with Crippen molar-refractivity contribution >= 4 is 22.9 Å². The molecular weight excluding hydrogens is 266 g/mol. The van der Waals surface area contributed by atoms with E-state index in [1.54, 1.807) is 13.0 Å². The second-order valence-electron chi connectivity index (χ2n) is 4.10. The second-order valence-corrected chi connectivity index (χ2v) is 5.27. The van der Waals surface area contributed by atoms with Crippen molar-refractivity contribution in [1.29, 1.82) is 0 Å². The van der Waals surface area contributed by atoms with Crippen LogP contribution in [0.2, 0.25) is 0 Å². The molecule has 0 fully saturated rings. The molecule has 0 aliphatic heterocycles. The van der Waals surface area contributed by atoms with Gasteiger partial charge in [0.1, 0.15) is 6.54 Å². The first-order chi connectivity index (χ1) is 9.01. The topological polar surface area (TPSA) is 78.0 Å². The average Bonchev–Trinajstić information content (AvgIpc) is 2.97. The maximum Gasteiger partial charge on any atom is 0.390 e. The number of aryl methyl sites for hydroxylation is 2. The van der Waals surface area contributed by atoms with Gasteiger partial charge in [0.05, 0.1) is 21.7 Å². The Labute approximate surface area is 113 Å². The normalized spacial score (nSPS) is 10.6. The van der Waals surface area contributed by atoms with E-state index in [2.05, 4.69) is 5.10 Å². The van der Waals surface area contributed by atoms with Crippen molar-refractivity contribution in [2.45, 2.75) is 26.8 Å². The van der Waals surface area contributed by atoms with Gasteiger partial charge in [0, 0.05) is 4.88 Å². The lowest BCUT2D eigenvalue weighted by Gasteiger charge is -1.97. The molecule has 0 saturated heterocycles. The summed E-state index contributed by atoms with van der Waals surface area (Å²) in [6.07, 6.45) is 0.893. The van der Waals surface area contributed by atoms with Crippen LogP contribution in [0.5, 0.6) is 0 Å². The summed E-state index contributed by atoms with van der Waals surface area (Å²) in [4.78, 5) is 23.9. The molecule has 7 heteroatoms. The number of carbonyl (C=O) groups excluding carboxylic acids is 1. The van der Waals surface area contributed by atoms with Crippen molar-refractivity contribution in [3.05, 3.63) is 43.8 Å². The molecule has 19 heavy (non-hydrogen) atoms. The molecule has 0 atom stereocenters. The SMILES string of the molecule is CCc1ccc(C(=O)Cn2nc([N+](=O)[O-])cc2C)s1. The highest BCUT2D eigenvalue weighted by atomic mass is 32.1. The summed E-state index contributed by atoms with van der Waals surface area (Å²) in [5.74, 6) is -0.309. The summed E-state index contributed by atoms with van der Waals surface area (Å²) in [6, 6.07) is 5.08. The van der Waals surface area contributed by atoms with Crippen LogP contribution in [0.15, 0.2) is 18.2 Å². The first kappa shape index (κ1) is 13.4. The molecule has 6 nitrogen and oxygen atoms in total. The highest BCUT2D eigenvalue weighted by molar-refractivity contribution is 7.14. The van der Waals surface area contributed by atoms with E-state index >= 15 is 0 Å². The molecule has 0 aromatic carbocycles. The molecule has 0 N–H and O–H groups in total. The lowest BCUT2D eigenvalue weighted by atomic mass is 10.3. The van der Waals surface area contributed by atoms with Crippen LogP contribution in [0.4, 0.5) is 5.82 Å². The molecular formula is C12H13N3O3S. The molecule has 2 aromatic heterocycles. The zero-order chi connectivity index (χ0) is 14.0. The number of rotatable bonds is 5. The smallest absolute Gasteiger partial charge is 0.358 e. The maximum atomic E-state index is 12.1. The predicted molar refractivity (Wildman–Crippen MR) is 71.6 cm³/mol. The van der Waals surface area contributed by atoms with E-state index < -0.39 is 4.92 Å². The number of nitro groups is 1. The fraction of sp³-hybridized carbons (Fsp3) is 0.333. The van der Waals surface area contributed by atoms with Gasteiger partial charge in [-0.15, -0.1) is 11.3 Å². The van der Waals surface area contributed by atoms with Gasteiger partial charge in [-0.1, -0.05) is 6.92 Å². The molecule has 2 rings (SSSR count). The average molecular weight is 279 g/mol. The van der Waals surface area contributed by atoms with E-state index in [0.29, 0.717) is 10.6 Å². The van der Waals surface area contributed by atoms with Gasteiger partial charge in [0.2, 0.25) is 0 Å². The van der Waals surface area contributed by atoms with E-state index in [4.69, 9.17) is 0 Å². The highest BCUT2D eigenvalue weighted by Crippen LogP contribution is 2.19. The van der Waals surface area contributed by atoms with E-state index in [-0.39, 0.29) is 18.1 Å². The van der Waals surface area contributed by atoms with Gasteiger partial charge in [-0.25, -0.2) is 0 Å². The Morgan fingerprint density at radius 2 is 2.26 bits per heavy atom. The molecule has 0 aliphatic rings. The van der Waals surface area contributed by atoms with E-state index in [1.165, 1.54) is 22.1 Å². The van der Waals surface area contributed by atoms with Crippen molar-refractivity contribution < 1.29 is 9.72 Å². The zero-order valence-corrected chi connectivity index (χ0v) is 11.4. The summed E-state index contributed by atoms with van der Waals surface area (Å²) in [6.45, 7) is 3.75. The van der Waals surface area contributed by atoms with Gasteiger partial charge in [-0.2, -0.15) is 4.68 Å². The number of hydrogen-bond donors (Lipinski definition) is 0. The van der Waals surface area contributed by atoms with Crippen LogP contribution in [0.25, 0.3) is 0 Å². The number of carbonyl (C=O) groups is 1. The van der Waals surface area contributed by atoms with E-state index in [1.807, 2.05) is 13.0 Å². The van der Waals surface area contributed by atoms with Gasteiger partial charge < -0.3 is 10.1 Å². The maximum absolute atomic E-state index is 12.1. The summed E-state index contributed by atoms with van der Waals surface area (Å²) in [7, 11) is 0. The molecule has 100 valence electrons. The van der Waals surface area contributed by atoms with Gasteiger partial charge >= 0.3 is 5.82 Å². The van der Waals surface area contributed by atoms with Crippen LogP contribution >= 0.6 is 11.3 Å². The van der Waals surface area contributed by atoms with Crippen LogP contribution < -0.4 is 0 Å². The summed E-state index contributed by atoms with van der Waals surface area (Å²) < 4.78 is 1.37. The Morgan fingerprint density at radius 3 is 2.79 bits per heavy atom. The van der Waals surface area contributed by atoms with Crippen molar-refractivity contribution in [2.24, 2.45) is 0 Å².